The second-order valence-corrected chi connectivity index (χ2v) is 5.06. The van der Waals surface area contributed by atoms with Crippen LogP contribution in [0.15, 0.2) is 65.8 Å². The highest BCUT2D eigenvalue weighted by Gasteiger charge is 2.15. The van der Waals surface area contributed by atoms with E-state index in [-0.39, 0.29) is 0 Å². The number of hydrazine groups is 1. The first-order valence-electron chi connectivity index (χ1n) is 7.48. The Morgan fingerprint density at radius 3 is 2.75 bits per heavy atom. The number of allylic oxidation sites excluding steroid dienone is 2. The van der Waals surface area contributed by atoms with Gasteiger partial charge in [-0.05, 0) is 30.3 Å². The van der Waals surface area contributed by atoms with Gasteiger partial charge in [-0.2, -0.15) is 0 Å². The first-order valence-corrected chi connectivity index (χ1v) is 7.48. The normalized spacial score (nSPS) is 16.0. The predicted octanol–water partition coefficient (Wildman–Crippen LogP) is 2.73. The maximum atomic E-state index is 11.5. The molecule has 0 aromatic heterocycles. The van der Waals surface area contributed by atoms with Crippen molar-refractivity contribution in [2.75, 3.05) is 25.6 Å². The molecule has 0 atom stereocenters. The molecule has 1 amide bonds. The molecule has 0 aliphatic carbocycles. The Hall–Kier alpha value is -3.22. The molecule has 7 nitrogen and oxygen atoms in total. The van der Waals surface area contributed by atoms with Crippen LogP contribution in [0.4, 0.5) is 10.5 Å². The summed E-state index contributed by atoms with van der Waals surface area (Å²) in [5.41, 5.74) is 4.21. The minimum Gasteiger partial charge on any atom is -0.452 e. The monoisotopic (exact) mass is 326 g/mol. The topological polar surface area (TPSA) is 66.4 Å². The molecule has 0 saturated carbocycles. The van der Waals surface area contributed by atoms with E-state index in [0.29, 0.717) is 18.2 Å². The fourth-order valence-electron chi connectivity index (χ4n) is 2.17. The third-order valence-electron chi connectivity index (χ3n) is 3.34. The SMILES string of the molecule is COC(=O)N1C=C(Oc2ccc(NN3C=CC=CC3)cc2)N=CC1. The standard InChI is InChI=1S/C17H18N4O3/c1-23-17(22)20-12-9-18-16(13-20)24-15-7-5-14(6-8-15)19-21-10-3-2-4-11-21/h2-10,13,19H,11-12H2,1H3. The molecule has 24 heavy (non-hydrogen) atoms. The maximum Gasteiger partial charge on any atom is 0.414 e. The molecule has 0 unspecified atom stereocenters. The van der Waals surface area contributed by atoms with Gasteiger partial charge in [-0.3, -0.25) is 15.3 Å². The van der Waals surface area contributed by atoms with Crippen LogP contribution in [0.1, 0.15) is 0 Å². The molecule has 0 saturated heterocycles. The molecule has 1 N–H and O–H groups in total. The van der Waals surface area contributed by atoms with Crippen molar-refractivity contribution in [3.8, 4) is 5.75 Å². The lowest BCUT2D eigenvalue weighted by Gasteiger charge is -2.22. The fraction of sp³-hybridized carbons (Fsp3) is 0.176. The van der Waals surface area contributed by atoms with Crippen LogP contribution in [-0.4, -0.2) is 42.4 Å². The minimum atomic E-state index is -0.453. The van der Waals surface area contributed by atoms with Crippen molar-refractivity contribution in [3.63, 3.8) is 0 Å². The molecule has 0 fully saturated rings. The van der Waals surface area contributed by atoms with E-state index < -0.39 is 6.09 Å². The van der Waals surface area contributed by atoms with E-state index in [1.807, 2.05) is 47.6 Å². The molecule has 7 heteroatoms. The summed E-state index contributed by atoms with van der Waals surface area (Å²) in [6.07, 6.45) is 10.7. The summed E-state index contributed by atoms with van der Waals surface area (Å²) in [5.74, 6) is 0.959. The van der Waals surface area contributed by atoms with Gasteiger partial charge >= 0.3 is 6.09 Å². The number of benzene rings is 1. The van der Waals surface area contributed by atoms with E-state index in [9.17, 15) is 4.79 Å². The number of methoxy groups -OCH3 is 1. The second-order valence-electron chi connectivity index (χ2n) is 5.06. The second kappa shape index (κ2) is 7.36. The molecular weight excluding hydrogens is 308 g/mol. The summed E-state index contributed by atoms with van der Waals surface area (Å²) in [4.78, 5) is 17.0. The zero-order valence-corrected chi connectivity index (χ0v) is 13.3. The molecule has 2 aliphatic heterocycles. The van der Waals surface area contributed by atoms with Crippen LogP contribution in [0, 0.1) is 0 Å². The number of hydrogen-bond donors (Lipinski definition) is 1. The van der Waals surface area contributed by atoms with E-state index in [0.717, 1.165) is 12.2 Å². The van der Waals surface area contributed by atoms with Crippen molar-refractivity contribution in [3.05, 3.63) is 60.8 Å². The number of nitrogens with zero attached hydrogens (tertiary/aromatic N) is 3. The summed E-state index contributed by atoms with van der Waals surface area (Å²) >= 11 is 0. The van der Waals surface area contributed by atoms with E-state index in [2.05, 4.69) is 21.2 Å². The van der Waals surface area contributed by atoms with Crippen LogP contribution < -0.4 is 10.2 Å². The molecule has 124 valence electrons. The van der Waals surface area contributed by atoms with Gasteiger partial charge in [-0.25, -0.2) is 9.79 Å². The zero-order chi connectivity index (χ0) is 16.8. The van der Waals surface area contributed by atoms with Crippen LogP contribution in [0.2, 0.25) is 0 Å². The van der Waals surface area contributed by atoms with Crippen molar-refractivity contribution >= 4 is 18.0 Å². The minimum absolute atomic E-state index is 0.330. The van der Waals surface area contributed by atoms with Crippen molar-refractivity contribution < 1.29 is 14.3 Å². The highest BCUT2D eigenvalue weighted by molar-refractivity contribution is 5.75. The predicted molar refractivity (Wildman–Crippen MR) is 91.4 cm³/mol. The van der Waals surface area contributed by atoms with E-state index in [1.165, 1.54) is 18.2 Å². The van der Waals surface area contributed by atoms with Gasteiger partial charge in [0.05, 0.1) is 32.1 Å². The van der Waals surface area contributed by atoms with Crippen LogP contribution in [0.3, 0.4) is 0 Å². The largest absolute Gasteiger partial charge is 0.452 e. The fourth-order valence-corrected chi connectivity index (χ4v) is 2.17. The average molecular weight is 326 g/mol. The number of aliphatic imine (C=N–C) groups is 1. The number of carbonyl (C=O) groups is 1. The van der Waals surface area contributed by atoms with E-state index in [4.69, 9.17) is 4.74 Å². The van der Waals surface area contributed by atoms with Gasteiger partial charge in [-0.1, -0.05) is 12.2 Å². The molecule has 3 rings (SSSR count). The lowest BCUT2D eigenvalue weighted by atomic mass is 10.3. The Morgan fingerprint density at radius 2 is 2.04 bits per heavy atom. The maximum absolute atomic E-state index is 11.5. The highest BCUT2D eigenvalue weighted by Crippen LogP contribution is 2.20. The number of anilines is 1. The van der Waals surface area contributed by atoms with Gasteiger partial charge in [0, 0.05) is 12.4 Å². The van der Waals surface area contributed by atoms with Crippen molar-refractivity contribution in [1.29, 1.82) is 0 Å². The summed E-state index contributed by atoms with van der Waals surface area (Å²) in [6, 6.07) is 7.48. The number of nitrogens with one attached hydrogen (secondary N) is 1. The molecule has 2 heterocycles. The number of amides is 1. The molecule has 0 bridgehead atoms. The van der Waals surface area contributed by atoms with Crippen molar-refractivity contribution in [1.82, 2.24) is 9.91 Å². The van der Waals surface area contributed by atoms with Crippen LogP contribution in [0.5, 0.6) is 5.75 Å². The van der Waals surface area contributed by atoms with Crippen LogP contribution >= 0.6 is 0 Å². The Balaban J connectivity index is 1.60. The first kappa shape index (κ1) is 15.7. The van der Waals surface area contributed by atoms with Crippen molar-refractivity contribution in [2.45, 2.75) is 0 Å². The van der Waals surface area contributed by atoms with Gasteiger partial charge in [0.25, 0.3) is 0 Å². The summed E-state index contributed by atoms with van der Waals surface area (Å²) in [7, 11) is 1.33. The molecule has 0 radical (unpaired) electrons. The lowest BCUT2D eigenvalue weighted by Crippen LogP contribution is -2.30. The van der Waals surface area contributed by atoms with Crippen LogP contribution in [-0.2, 0) is 4.74 Å². The first-order chi connectivity index (χ1) is 11.7. The quantitative estimate of drug-likeness (QED) is 0.921. The summed E-state index contributed by atoms with van der Waals surface area (Å²) in [6.45, 7) is 1.17. The number of hydrogen-bond acceptors (Lipinski definition) is 6. The van der Waals surface area contributed by atoms with Gasteiger partial charge in [0.2, 0.25) is 5.88 Å². The number of rotatable bonds is 4. The van der Waals surface area contributed by atoms with Gasteiger partial charge in [0.1, 0.15) is 5.75 Å². The van der Waals surface area contributed by atoms with Gasteiger partial charge in [-0.15, -0.1) is 0 Å². The van der Waals surface area contributed by atoms with Gasteiger partial charge < -0.3 is 9.47 Å². The van der Waals surface area contributed by atoms with Gasteiger partial charge in [0.15, 0.2) is 0 Å². The molecule has 0 spiro atoms. The Kier molecular flexibility index (Phi) is 4.81. The highest BCUT2D eigenvalue weighted by atomic mass is 16.5. The Labute approximate surface area is 140 Å². The lowest BCUT2D eigenvalue weighted by molar-refractivity contribution is 0.142. The Morgan fingerprint density at radius 1 is 1.21 bits per heavy atom. The van der Waals surface area contributed by atoms with E-state index in [1.54, 1.807) is 6.21 Å². The zero-order valence-electron chi connectivity index (χ0n) is 13.3. The third kappa shape index (κ3) is 3.95. The third-order valence-corrected chi connectivity index (χ3v) is 3.34. The van der Waals surface area contributed by atoms with Crippen molar-refractivity contribution in [2.24, 2.45) is 4.99 Å². The number of ether oxygens (including phenoxy) is 2. The smallest absolute Gasteiger partial charge is 0.414 e. The van der Waals surface area contributed by atoms with Crippen LogP contribution in [0.25, 0.3) is 0 Å². The Bertz CT molecular complexity index is 707. The van der Waals surface area contributed by atoms with E-state index >= 15 is 0 Å². The molecule has 1 aromatic rings. The molecular formula is C17H18N4O3. The average Bonchev–Trinajstić information content (AvgIpc) is 2.64. The number of carbonyl (C=O) groups excluding carboxylic acids is 1. The summed E-state index contributed by atoms with van der Waals surface area (Å²) in [5, 5.41) is 1.97. The summed E-state index contributed by atoms with van der Waals surface area (Å²) < 4.78 is 10.4. The molecule has 1 aromatic carbocycles. The molecule has 2 aliphatic rings.